The van der Waals surface area contributed by atoms with E-state index in [9.17, 15) is 23.4 Å². The van der Waals surface area contributed by atoms with Crippen LogP contribution in [0, 0.1) is 5.82 Å². The summed E-state index contributed by atoms with van der Waals surface area (Å²) in [6.07, 6.45) is -2.29. The summed E-state index contributed by atoms with van der Waals surface area (Å²) < 4.78 is 58.5. The van der Waals surface area contributed by atoms with Gasteiger partial charge in [-0.2, -0.15) is 0 Å². The Labute approximate surface area is 211 Å². The van der Waals surface area contributed by atoms with E-state index < -0.39 is 58.3 Å². The predicted octanol–water partition coefficient (Wildman–Crippen LogP) is 1.64. The van der Waals surface area contributed by atoms with Crippen molar-refractivity contribution in [3.63, 3.8) is 0 Å². The molecular weight excluding hydrogens is 497 g/mol. The number of aliphatic hydroxyl groups excluding tert-OH is 2. The maximum absolute atomic E-state index is 15.0. The van der Waals surface area contributed by atoms with Crippen LogP contribution in [0.5, 0.6) is 0 Å². The van der Waals surface area contributed by atoms with Crippen LogP contribution in [0.25, 0.3) is 0 Å². The van der Waals surface area contributed by atoms with Crippen molar-refractivity contribution in [1.29, 1.82) is 0 Å². The van der Waals surface area contributed by atoms with Gasteiger partial charge in [-0.05, 0) is 39.7 Å². The zero-order chi connectivity index (χ0) is 27.1. The van der Waals surface area contributed by atoms with E-state index >= 15 is 4.39 Å². The summed E-state index contributed by atoms with van der Waals surface area (Å²) in [5, 5.41) is 19.3. The Morgan fingerprint density at radius 1 is 1.31 bits per heavy atom. The van der Waals surface area contributed by atoms with E-state index in [0.29, 0.717) is 0 Å². The van der Waals surface area contributed by atoms with E-state index in [2.05, 4.69) is 4.99 Å². The van der Waals surface area contributed by atoms with E-state index in [-0.39, 0.29) is 37.6 Å². The Hall–Kier alpha value is -2.32. The summed E-state index contributed by atoms with van der Waals surface area (Å²) in [5.41, 5.74) is -2.63. The molecule has 0 saturated heterocycles. The van der Waals surface area contributed by atoms with Crippen molar-refractivity contribution in [1.82, 2.24) is 9.21 Å². The maximum atomic E-state index is 15.0. The lowest BCUT2D eigenvalue weighted by atomic mass is 9.86. The van der Waals surface area contributed by atoms with Gasteiger partial charge in [-0.25, -0.2) is 31.8 Å². The quantitative estimate of drug-likeness (QED) is 0.342. The molecule has 2 N–H and O–H groups in total. The number of nitrogens with zero attached hydrogens (tertiary/aromatic N) is 3. The molecule has 2 rings (SSSR count). The third kappa shape index (κ3) is 7.59. The van der Waals surface area contributed by atoms with Gasteiger partial charge < -0.3 is 24.4 Å². The summed E-state index contributed by atoms with van der Waals surface area (Å²) in [4.78, 5) is 18.7. The first-order valence-electron chi connectivity index (χ1n) is 11.4. The van der Waals surface area contributed by atoms with Crippen LogP contribution in [-0.4, -0.2) is 98.1 Å². The van der Waals surface area contributed by atoms with Gasteiger partial charge in [0.25, 0.3) is 0 Å². The number of rotatable bonds is 10. The van der Waals surface area contributed by atoms with E-state index in [0.717, 1.165) is 9.21 Å². The molecule has 36 heavy (non-hydrogen) atoms. The number of carbonyl (C=O) groups excluding carboxylic acids is 1. The third-order valence-corrected chi connectivity index (χ3v) is 7.26. The third-order valence-electron chi connectivity index (χ3n) is 5.42. The van der Waals surface area contributed by atoms with Crippen LogP contribution in [0.2, 0.25) is 0 Å². The Morgan fingerprint density at radius 2 is 1.97 bits per heavy atom. The van der Waals surface area contributed by atoms with Crippen molar-refractivity contribution in [3.05, 3.63) is 35.6 Å². The largest absolute Gasteiger partial charge is 0.443 e. The minimum absolute atomic E-state index is 0.0197. The van der Waals surface area contributed by atoms with Gasteiger partial charge in [-0.3, -0.25) is 0 Å². The number of methoxy groups -OCH3 is 1. The lowest BCUT2D eigenvalue weighted by molar-refractivity contribution is -0.00424. The molecule has 0 saturated carbocycles. The number of amides is 1. The van der Waals surface area contributed by atoms with E-state index in [4.69, 9.17) is 14.2 Å². The molecule has 0 aliphatic carbocycles. The molecular formula is C23H36FN3O8S. The molecule has 13 heteroatoms. The second kappa shape index (κ2) is 12.3. The maximum Gasteiger partial charge on any atom is 0.419 e. The van der Waals surface area contributed by atoms with Crippen LogP contribution in [0.15, 0.2) is 29.3 Å². The van der Waals surface area contributed by atoms with E-state index in [1.165, 1.54) is 32.4 Å². The summed E-state index contributed by atoms with van der Waals surface area (Å²) in [6.45, 7) is 4.30. The van der Waals surface area contributed by atoms with Gasteiger partial charge in [0.2, 0.25) is 16.0 Å². The monoisotopic (exact) mass is 533 g/mol. The Bertz CT molecular complexity index is 1030. The number of hydrogen-bond acceptors (Lipinski definition) is 9. The Morgan fingerprint density at radius 3 is 2.56 bits per heavy atom. The highest BCUT2D eigenvalue weighted by Gasteiger charge is 2.48. The molecule has 0 spiro atoms. The van der Waals surface area contributed by atoms with Gasteiger partial charge in [-0.1, -0.05) is 18.2 Å². The van der Waals surface area contributed by atoms with Gasteiger partial charge in [0.15, 0.2) is 0 Å². The van der Waals surface area contributed by atoms with Crippen molar-refractivity contribution in [2.24, 2.45) is 4.99 Å². The van der Waals surface area contributed by atoms with Crippen LogP contribution in [0.4, 0.5) is 9.18 Å². The SMILES string of the molecule is COCCOCN(C(=O)OC(C)(C)C)C1=NC(CCC(O)CO)(c2ccccc2F)CS(=O)(=O)N1C. The lowest BCUT2D eigenvalue weighted by Crippen LogP contribution is -2.57. The number of sulfonamides is 1. The fourth-order valence-electron chi connectivity index (χ4n) is 3.59. The number of carbonyl (C=O) groups is 1. The van der Waals surface area contributed by atoms with Gasteiger partial charge in [0.1, 0.15) is 23.7 Å². The molecule has 1 heterocycles. The summed E-state index contributed by atoms with van der Waals surface area (Å²) in [7, 11) is -1.43. The molecule has 0 fully saturated rings. The van der Waals surface area contributed by atoms with Gasteiger partial charge in [0.05, 0.1) is 31.7 Å². The molecule has 204 valence electrons. The first-order chi connectivity index (χ1) is 16.8. The van der Waals surface area contributed by atoms with Crippen molar-refractivity contribution in [3.8, 4) is 0 Å². The predicted molar refractivity (Wildman–Crippen MR) is 130 cm³/mol. The summed E-state index contributed by atoms with van der Waals surface area (Å²) in [6, 6.07) is 5.59. The second-order valence-corrected chi connectivity index (χ2v) is 11.5. The standard InChI is InChI=1S/C23H36FN3O8S/c1-22(2,3)35-21(30)27(16-34-13-12-33-5)20-25-23(11-10-17(29)14-28,15-36(31,32)26(20)4)18-8-6-7-9-19(18)24/h6-9,17,28-29H,10-16H2,1-5H3. The zero-order valence-electron chi connectivity index (χ0n) is 21.3. The number of guanidine groups is 1. The van der Waals surface area contributed by atoms with Crippen LogP contribution in [-0.2, 0) is 29.8 Å². The zero-order valence-corrected chi connectivity index (χ0v) is 22.1. The van der Waals surface area contributed by atoms with Crippen LogP contribution >= 0.6 is 0 Å². The molecule has 0 radical (unpaired) electrons. The highest BCUT2D eigenvalue weighted by atomic mass is 32.2. The fraction of sp³-hybridized carbons (Fsp3) is 0.652. The summed E-state index contributed by atoms with van der Waals surface area (Å²) >= 11 is 0. The summed E-state index contributed by atoms with van der Waals surface area (Å²) in [5.74, 6) is -1.64. The highest BCUT2D eigenvalue weighted by molar-refractivity contribution is 7.89. The molecule has 11 nitrogen and oxygen atoms in total. The van der Waals surface area contributed by atoms with Crippen LogP contribution in [0.3, 0.4) is 0 Å². The van der Waals surface area contributed by atoms with Crippen molar-refractivity contribution < 1.29 is 42.0 Å². The number of ether oxygens (including phenoxy) is 3. The van der Waals surface area contributed by atoms with Crippen molar-refractivity contribution in [2.45, 2.75) is 50.9 Å². The molecule has 1 amide bonds. The van der Waals surface area contributed by atoms with Crippen molar-refractivity contribution in [2.75, 3.05) is 46.5 Å². The molecule has 0 bridgehead atoms. The molecule has 2 unspecified atom stereocenters. The van der Waals surface area contributed by atoms with E-state index in [1.54, 1.807) is 26.8 Å². The number of hydrogen-bond donors (Lipinski definition) is 2. The minimum Gasteiger partial charge on any atom is -0.443 e. The number of aliphatic imine (C=N–C) groups is 1. The Balaban J connectivity index is 2.68. The average molecular weight is 534 g/mol. The molecule has 1 aliphatic heterocycles. The molecule has 1 aromatic carbocycles. The normalized spacial score (nSPS) is 20.6. The van der Waals surface area contributed by atoms with Gasteiger partial charge >= 0.3 is 6.09 Å². The smallest absolute Gasteiger partial charge is 0.419 e. The molecule has 0 aromatic heterocycles. The topological polar surface area (TPSA) is 138 Å². The van der Waals surface area contributed by atoms with Crippen molar-refractivity contribution >= 4 is 22.1 Å². The minimum atomic E-state index is -4.13. The van der Waals surface area contributed by atoms with Gasteiger partial charge in [-0.15, -0.1) is 0 Å². The fourth-order valence-corrected chi connectivity index (χ4v) is 5.14. The van der Waals surface area contributed by atoms with Crippen LogP contribution < -0.4 is 0 Å². The Kier molecular flexibility index (Phi) is 10.2. The number of benzene rings is 1. The molecule has 1 aliphatic rings. The molecule has 1 aromatic rings. The van der Waals surface area contributed by atoms with Crippen LogP contribution in [0.1, 0.15) is 39.2 Å². The number of halogens is 1. The first kappa shape index (κ1) is 29.9. The number of aliphatic hydroxyl groups is 2. The molecule has 2 atom stereocenters. The second-order valence-electron chi connectivity index (χ2n) is 9.46. The average Bonchev–Trinajstić information content (AvgIpc) is 2.79. The van der Waals surface area contributed by atoms with E-state index in [1.807, 2.05) is 0 Å². The lowest BCUT2D eigenvalue weighted by Gasteiger charge is -2.41. The van der Waals surface area contributed by atoms with Gasteiger partial charge in [0, 0.05) is 19.7 Å². The first-order valence-corrected chi connectivity index (χ1v) is 13.0. The highest BCUT2D eigenvalue weighted by Crippen LogP contribution is 2.39.